The molecular formula is C20H17N3O4. The van der Waals surface area contributed by atoms with E-state index >= 15 is 0 Å². The Morgan fingerprint density at radius 3 is 2.48 bits per heavy atom. The maximum Gasteiger partial charge on any atom is 0.269 e. The number of amides is 1. The van der Waals surface area contributed by atoms with Crippen LogP contribution in [-0.2, 0) is 4.79 Å². The lowest BCUT2D eigenvalue weighted by atomic mass is 10.1. The Morgan fingerprint density at radius 1 is 1.04 bits per heavy atom. The van der Waals surface area contributed by atoms with E-state index in [2.05, 4.69) is 15.3 Å². The van der Waals surface area contributed by atoms with Crippen LogP contribution in [-0.4, -0.2) is 28.1 Å². The Bertz CT molecular complexity index is 931. The molecule has 4 rings (SSSR count). The lowest BCUT2D eigenvalue weighted by molar-refractivity contribution is -0.128. The van der Waals surface area contributed by atoms with Crippen LogP contribution in [0.5, 0.6) is 23.1 Å². The molecule has 7 nitrogen and oxygen atoms in total. The molecule has 0 saturated heterocycles. The number of hydrogen-bond donors (Lipinski definition) is 1. The number of para-hydroxylation sites is 2. The summed E-state index contributed by atoms with van der Waals surface area (Å²) < 4.78 is 17.2. The zero-order valence-electron chi connectivity index (χ0n) is 14.5. The van der Waals surface area contributed by atoms with E-state index in [1.54, 1.807) is 49.6 Å². The predicted octanol–water partition coefficient (Wildman–Crippen LogP) is 3.44. The van der Waals surface area contributed by atoms with Gasteiger partial charge in [-0.25, -0.2) is 4.98 Å². The predicted molar refractivity (Wildman–Crippen MR) is 98.1 cm³/mol. The van der Waals surface area contributed by atoms with Crippen molar-refractivity contribution in [3.05, 3.63) is 67.1 Å². The number of anilines is 1. The van der Waals surface area contributed by atoms with Crippen LogP contribution >= 0.6 is 0 Å². The molecule has 1 aliphatic rings. The SMILES string of the molecule is C[C@@H]1Oc2ccccc2O[C@@H]1C(=O)Nc1ccc(Oc2cnccn2)cc1. The Morgan fingerprint density at radius 2 is 1.78 bits per heavy atom. The Hall–Kier alpha value is -3.61. The average Bonchev–Trinajstić information content (AvgIpc) is 2.69. The lowest BCUT2D eigenvalue weighted by Gasteiger charge is -2.31. The van der Waals surface area contributed by atoms with Gasteiger partial charge in [-0.05, 0) is 43.3 Å². The molecule has 3 aromatic rings. The second-order valence-corrected chi connectivity index (χ2v) is 5.97. The highest BCUT2D eigenvalue weighted by Crippen LogP contribution is 2.33. The van der Waals surface area contributed by atoms with Crippen LogP contribution in [0.25, 0.3) is 0 Å². The van der Waals surface area contributed by atoms with Crippen LogP contribution in [0.1, 0.15) is 6.92 Å². The van der Waals surface area contributed by atoms with Crippen molar-refractivity contribution in [2.24, 2.45) is 0 Å². The van der Waals surface area contributed by atoms with Crippen molar-refractivity contribution in [3.63, 3.8) is 0 Å². The summed E-state index contributed by atoms with van der Waals surface area (Å²) in [5.41, 5.74) is 0.626. The summed E-state index contributed by atoms with van der Waals surface area (Å²) >= 11 is 0. The third-order valence-corrected chi connectivity index (χ3v) is 3.98. The summed E-state index contributed by atoms with van der Waals surface area (Å²) in [5, 5.41) is 2.84. The number of rotatable bonds is 4. The van der Waals surface area contributed by atoms with Gasteiger partial charge in [-0.3, -0.25) is 9.78 Å². The van der Waals surface area contributed by atoms with Crippen LogP contribution in [0, 0.1) is 0 Å². The maximum absolute atomic E-state index is 12.6. The Balaban J connectivity index is 1.41. The van der Waals surface area contributed by atoms with E-state index < -0.39 is 12.2 Å². The summed E-state index contributed by atoms with van der Waals surface area (Å²) in [7, 11) is 0. The van der Waals surface area contributed by atoms with Crippen molar-refractivity contribution in [3.8, 4) is 23.1 Å². The molecule has 0 aliphatic carbocycles. The quantitative estimate of drug-likeness (QED) is 0.765. The molecule has 2 aromatic carbocycles. The maximum atomic E-state index is 12.6. The van der Waals surface area contributed by atoms with Crippen molar-refractivity contribution in [1.29, 1.82) is 0 Å². The van der Waals surface area contributed by atoms with Crippen LogP contribution in [0.2, 0.25) is 0 Å². The number of fused-ring (bicyclic) bond motifs is 1. The van der Waals surface area contributed by atoms with Crippen LogP contribution in [0.3, 0.4) is 0 Å². The molecule has 7 heteroatoms. The van der Waals surface area contributed by atoms with Crippen molar-refractivity contribution >= 4 is 11.6 Å². The van der Waals surface area contributed by atoms with E-state index in [1.165, 1.54) is 6.20 Å². The van der Waals surface area contributed by atoms with Crippen LogP contribution < -0.4 is 19.5 Å². The summed E-state index contributed by atoms with van der Waals surface area (Å²) in [6.45, 7) is 1.80. The standard InChI is InChI=1S/C20H17N3O4/c1-13-19(27-17-5-3-2-4-16(17)25-13)20(24)23-14-6-8-15(9-7-14)26-18-12-21-10-11-22-18/h2-13,19H,1H3,(H,23,24)/t13-,19-/m0/s1. The number of carbonyl (C=O) groups excluding carboxylic acids is 1. The lowest BCUT2D eigenvalue weighted by Crippen LogP contribution is -2.46. The molecule has 2 heterocycles. The van der Waals surface area contributed by atoms with Crippen molar-refractivity contribution < 1.29 is 19.0 Å². The second-order valence-electron chi connectivity index (χ2n) is 5.97. The molecule has 0 fully saturated rings. The highest BCUT2D eigenvalue weighted by atomic mass is 16.6. The van der Waals surface area contributed by atoms with Crippen molar-refractivity contribution in [1.82, 2.24) is 9.97 Å². The van der Waals surface area contributed by atoms with Gasteiger partial charge in [-0.15, -0.1) is 0 Å². The van der Waals surface area contributed by atoms with E-state index in [0.717, 1.165) is 0 Å². The molecule has 0 unspecified atom stereocenters. The third-order valence-electron chi connectivity index (χ3n) is 3.98. The smallest absolute Gasteiger partial charge is 0.269 e. The van der Waals surface area contributed by atoms with Gasteiger partial charge in [0.1, 0.15) is 11.9 Å². The normalized spacial score (nSPS) is 17.8. The molecule has 1 aromatic heterocycles. The first kappa shape index (κ1) is 16.8. The minimum Gasteiger partial charge on any atom is -0.482 e. The zero-order chi connectivity index (χ0) is 18.6. The summed E-state index contributed by atoms with van der Waals surface area (Å²) in [6, 6.07) is 14.2. The van der Waals surface area contributed by atoms with Crippen molar-refractivity contribution in [2.75, 3.05) is 5.32 Å². The average molecular weight is 363 g/mol. The number of aromatic nitrogens is 2. The molecule has 136 valence electrons. The largest absolute Gasteiger partial charge is 0.482 e. The monoisotopic (exact) mass is 363 g/mol. The zero-order valence-corrected chi connectivity index (χ0v) is 14.5. The molecule has 0 bridgehead atoms. The number of ether oxygens (including phenoxy) is 3. The van der Waals surface area contributed by atoms with E-state index in [-0.39, 0.29) is 5.91 Å². The van der Waals surface area contributed by atoms with Gasteiger partial charge < -0.3 is 19.5 Å². The Labute approximate surface area is 155 Å². The highest BCUT2D eigenvalue weighted by molar-refractivity contribution is 5.95. The molecule has 1 amide bonds. The molecule has 0 saturated carbocycles. The van der Waals surface area contributed by atoms with Gasteiger partial charge in [0.25, 0.3) is 5.91 Å². The van der Waals surface area contributed by atoms with Gasteiger partial charge in [0.05, 0.1) is 6.20 Å². The fraction of sp³-hybridized carbons (Fsp3) is 0.150. The van der Waals surface area contributed by atoms with Gasteiger partial charge in [0.15, 0.2) is 11.5 Å². The summed E-state index contributed by atoms with van der Waals surface area (Å²) in [6.07, 6.45) is 3.50. The van der Waals surface area contributed by atoms with Gasteiger partial charge in [-0.2, -0.15) is 0 Å². The number of benzene rings is 2. The van der Waals surface area contributed by atoms with E-state index in [1.807, 2.05) is 18.2 Å². The van der Waals surface area contributed by atoms with Crippen LogP contribution in [0.4, 0.5) is 5.69 Å². The van der Waals surface area contributed by atoms with E-state index in [0.29, 0.717) is 28.8 Å². The first-order valence-corrected chi connectivity index (χ1v) is 8.46. The van der Waals surface area contributed by atoms with E-state index in [9.17, 15) is 4.79 Å². The minimum absolute atomic E-state index is 0.278. The highest BCUT2D eigenvalue weighted by Gasteiger charge is 2.34. The first-order valence-electron chi connectivity index (χ1n) is 8.46. The number of hydrogen-bond acceptors (Lipinski definition) is 6. The van der Waals surface area contributed by atoms with Gasteiger partial charge in [-0.1, -0.05) is 12.1 Å². The molecule has 27 heavy (non-hydrogen) atoms. The molecule has 2 atom stereocenters. The topological polar surface area (TPSA) is 82.6 Å². The minimum atomic E-state index is -0.740. The summed E-state index contributed by atoms with van der Waals surface area (Å²) in [4.78, 5) is 20.6. The van der Waals surface area contributed by atoms with Gasteiger partial charge in [0.2, 0.25) is 12.0 Å². The molecule has 1 N–H and O–H groups in total. The second kappa shape index (κ2) is 7.33. The fourth-order valence-electron chi connectivity index (χ4n) is 2.68. The number of nitrogens with one attached hydrogen (secondary N) is 1. The number of nitrogens with zero attached hydrogens (tertiary/aromatic N) is 2. The molecular weight excluding hydrogens is 346 g/mol. The first-order chi connectivity index (χ1) is 13.2. The number of carbonyl (C=O) groups is 1. The fourth-order valence-corrected chi connectivity index (χ4v) is 2.68. The molecule has 0 radical (unpaired) electrons. The van der Waals surface area contributed by atoms with Crippen molar-refractivity contribution in [2.45, 2.75) is 19.1 Å². The third kappa shape index (κ3) is 3.82. The van der Waals surface area contributed by atoms with Crippen LogP contribution in [0.15, 0.2) is 67.1 Å². The van der Waals surface area contributed by atoms with Gasteiger partial charge >= 0.3 is 0 Å². The summed E-state index contributed by atoms with van der Waals surface area (Å²) in [5.74, 6) is 1.91. The van der Waals surface area contributed by atoms with E-state index in [4.69, 9.17) is 14.2 Å². The molecule has 1 aliphatic heterocycles. The Kier molecular flexibility index (Phi) is 4.57. The molecule has 0 spiro atoms. The van der Waals surface area contributed by atoms with Gasteiger partial charge in [0, 0.05) is 18.1 Å².